The number of nitrogens with zero attached hydrogens (tertiary/aromatic N) is 3. The molecule has 1 aromatic carbocycles. The quantitative estimate of drug-likeness (QED) is 0.758. The molecule has 0 spiro atoms. The lowest BCUT2D eigenvalue weighted by Gasteiger charge is -2.26. The van der Waals surface area contributed by atoms with Gasteiger partial charge >= 0.3 is 0 Å². The molecule has 1 aromatic heterocycles. The first kappa shape index (κ1) is 14.9. The maximum absolute atomic E-state index is 6.32. The fourth-order valence-electron chi connectivity index (χ4n) is 2.87. The van der Waals surface area contributed by atoms with Crippen molar-refractivity contribution in [3.05, 3.63) is 39.7 Å². The number of benzene rings is 1. The summed E-state index contributed by atoms with van der Waals surface area (Å²) in [5.41, 5.74) is 4.54. The van der Waals surface area contributed by atoms with Gasteiger partial charge < -0.3 is 4.57 Å². The highest BCUT2D eigenvalue weighted by molar-refractivity contribution is 6.32. The van der Waals surface area contributed by atoms with E-state index in [1.54, 1.807) is 0 Å². The molecule has 21 heavy (non-hydrogen) atoms. The second-order valence-corrected chi connectivity index (χ2v) is 6.76. The zero-order valence-corrected chi connectivity index (χ0v) is 14.0. The summed E-state index contributed by atoms with van der Waals surface area (Å²) in [5, 5.41) is 1.26. The van der Waals surface area contributed by atoms with E-state index in [1.807, 2.05) is 12.1 Å². The Morgan fingerprint density at radius 1 is 1.38 bits per heavy atom. The van der Waals surface area contributed by atoms with E-state index in [9.17, 15) is 0 Å². The molecule has 0 aliphatic carbocycles. The fraction of sp³-hybridized carbons (Fsp3) is 0.438. The average molecular weight is 324 g/mol. The molecule has 0 saturated carbocycles. The molecular formula is C16H19Cl2N3. The number of rotatable bonds is 2. The molecule has 3 rings (SSSR count). The van der Waals surface area contributed by atoms with Crippen LogP contribution in [0, 0.1) is 0 Å². The van der Waals surface area contributed by atoms with E-state index in [0.717, 1.165) is 35.7 Å². The Kier molecular flexibility index (Phi) is 4.00. The van der Waals surface area contributed by atoms with Crippen molar-refractivity contribution in [3.63, 3.8) is 0 Å². The van der Waals surface area contributed by atoms with E-state index in [4.69, 9.17) is 23.2 Å². The van der Waals surface area contributed by atoms with Gasteiger partial charge in [0.1, 0.15) is 0 Å². The first-order valence-electron chi connectivity index (χ1n) is 7.17. The highest BCUT2D eigenvalue weighted by Crippen LogP contribution is 2.31. The van der Waals surface area contributed by atoms with E-state index in [0.29, 0.717) is 11.3 Å². The lowest BCUT2D eigenvalue weighted by atomic mass is 10.1. The van der Waals surface area contributed by atoms with E-state index >= 15 is 0 Å². The third-order valence-electron chi connectivity index (χ3n) is 4.02. The van der Waals surface area contributed by atoms with Crippen LogP contribution in [0.4, 0.5) is 0 Å². The van der Waals surface area contributed by atoms with Crippen LogP contribution in [0.15, 0.2) is 23.8 Å². The minimum Gasteiger partial charge on any atom is -0.313 e. The average Bonchev–Trinajstić information content (AvgIpc) is 2.61. The van der Waals surface area contributed by atoms with Crippen molar-refractivity contribution in [2.24, 2.45) is 0 Å². The van der Waals surface area contributed by atoms with Gasteiger partial charge in [0, 0.05) is 30.7 Å². The molecule has 1 aliphatic heterocycles. The molecule has 1 atom stereocenters. The van der Waals surface area contributed by atoms with Crippen molar-refractivity contribution in [1.82, 2.24) is 14.5 Å². The zero-order valence-electron chi connectivity index (χ0n) is 12.5. The first-order chi connectivity index (χ1) is 9.95. The van der Waals surface area contributed by atoms with Gasteiger partial charge in [-0.1, -0.05) is 23.3 Å². The topological polar surface area (TPSA) is 21.1 Å². The Hall–Kier alpha value is -1.03. The molecule has 0 radical (unpaired) electrons. The maximum atomic E-state index is 6.32. The van der Waals surface area contributed by atoms with Gasteiger partial charge in [-0.05, 0) is 50.1 Å². The molecule has 0 N–H and O–H groups in total. The highest BCUT2D eigenvalue weighted by atomic mass is 35.5. The van der Waals surface area contributed by atoms with Crippen LogP contribution in [-0.4, -0.2) is 27.0 Å². The van der Waals surface area contributed by atoms with Gasteiger partial charge in [-0.25, -0.2) is 4.98 Å². The Morgan fingerprint density at radius 2 is 2.14 bits per heavy atom. The summed E-state index contributed by atoms with van der Waals surface area (Å²) < 4.78 is 2.11. The fourth-order valence-corrected chi connectivity index (χ4v) is 3.35. The number of hydrogen-bond donors (Lipinski definition) is 0. The number of aromatic nitrogens is 2. The van der Waals surface area contributed by atoms with Gasteiger partial charge in [-0.15, -0.1) is 0 Å². The van der Waals surface area contributed by atoms with Crippen LogP contribution in [-0.2, 0) is 13.1 Å². The molecule has 5 heteroatoms. The molecule has 0 saturated heterocycles. The van der Waals surface area contributed by atoms with Crippen molar-refractivity contribution in [1.29, 1.82) is 0 Å². The molecule has 3 nitrogen and oxygen atoms in total. The Bertz CT molecular complexity index is 714. The summed E-state index contributed by atoms with van der Waals surface area (Å²) in [6, 6.07) is 4.31. The maximum Gasteiger partial charge on any atom is 0.203 e. The molecule has 1 aliphatic rings. The standard InChI is InChI=1S/C16H19Cl2N3/c1-10(2)4-5-20-9-12-6-13(17)7-14-15(12)21(8-11(20)3)16(18)19-14/h4,6-7,11H,5,8-9H2,1-3H3/t11-/m0/s1. The van der Waals surface area contributed by atoms with E-state index in [1.165, 1.54) is 11.1 Å². The number of hydrogen-bond acceptors (Lipinski definition) is 2. The van der Waals surface area contributed by atoms with Crippen LogP contribution in [0.3, 0.4) is 0 Å². The van der Waals surface area contributed by atoms with Crippen molar-refractivity contribution in [2.45, 2.75) is 39.9 Å². The molecule has 0 bridgehead atoms. The van der Waals surface area contributed by atoms with Crippen molar-refractivity contribution >= 4 is 34.2 Å². The van der Waals surface area contributed by atoms with Crippen LogP contribution >= 0.6 is 23.2 Å². The second-order valence-electron chi connectivity index (χ2n) is 5.98. The molecule has 0 fully saturated rings. The highest BCUT2D eigenvalue weighted by Gasteiger charge is 2.24. The van der Waals surface area contributed by atoms with Crippen LogP contribution in [0.5, 0.6) is 0 Å². The van der Waals surface area contributed by atoms with Crippen LogP contribution in [0.25, 0.3) is 11.0 Å². The summed E-state index contributed by atoms with van der Waals surface area (Å²) in [6.07, 6.45) is 2.26. The van der Waals surface area contributed by atoms with Gasteiger partial charge in [0.15, 0.2) is 0 Å². The monoisotopic (exact) mass is 323 g/mol. The zero-order chi connectivity index (χ0) is 15.1. The number of halogens is 2. The van der Waals surface area contributed by atoms with Gasteiger partial charge in [0.25, 0.3) is 0 Å². The van der Waals surface area contributed by atoms with Crippen molar-refractivity contribution in [3.8, 4) is 0 Å². The number of allylic oxidation sites excluding steroid dienone is 1. The van der Waals surface area contributed by atoms with Crippen LogP contribution in [0.1, 0.15) is 26.3 Å². The predicted octanol–water partition coefficient (Wildman–Crippen LogP) is 4.51. The summed E-state index contributed by atoms with van der Waals surface area (Å²) in [6.45, 7) is 9.14. The van der Waals surface area contributed by atoms with Crippen molar-refractivity contribution < 1.29 is 0 Å². The van der Waals surface area contributed by atoms with Crippen molar-refractivity contribution in [2.75, 3.05) is 6.54 Å². The van der Waals surface area contributed by atoms with Crippen LogP contribution in [0.2, 0.25) is 10.3 Å². The van der Waals surface area contributed by atoms with Crippen LogP contribution < -0.4 is 0 Å². The third kappa shape index (κ3) is 2.83. The van der Waals surface area contributed by atoms with Gasteiger partial charge in [0.05, 0.1) is 11.0 Å². The second kappa shape index (κ2) is 5.64. The molecule has 0 unspecified atom stereocenters. The van der Waals surface area contributed by atoms with E-state index in [-0.39, 0.29) is 0 Å². The summed E-state index contributed by atoms with van der Waals surface area (Å²) >= 11 is 12.5. The Labute approximate surface area is 135 Å². The minimum absolute atomic E-state index is 0.390. The minimum atomic E-state index is 0.390. The SMILES string of the molecule is CC(C)=CCN1Cc2cc(Cl)cc3nc(Cl)n(c23)C[C@@H]1C. The Balaban J connectivity index is 2.07. The molecule has 112 valence electrons. The number of imidazole rings is 1. The summed E-state index contributed by atoms with van der Waals surface area (Å²) in [4.78, 5) is 6.88. The Morgan fingerprint density at radius 3 is 2.86 bits per heavy atom. The normalized spacial score (nSPS) is 18.8. The van der Waals surface area contributed by atoms with E-state index in [2.05, 4.69) is 41.3 Å². The van der Waals surface area contributed by atoms with Gasteiger partial charge in [0.2, 0.25) is 5.28 Å². The first-order valence-corrected chi connectivity index (χ1v) is 7.93. The smallest absolute Gasteiger partial charge is 0.203 e. The predicted molar refractivity (Wildman–Crippen MR) is 89.1 cm³/mol. The van der Waals surface area contributed by atoms with Gasteiger partial charge in [-0.2, -0.15) is 0 Å². The molecule has 2 aromatic rings. The molecule has 2 heterocycles. The third-order valence-corrected chi connectivity index (χ3v) is 4.52. The lowest BCUT2D eigenvalue weighted by Crippen LogP contribution is -2.34. The lowest BCUT2D eigenvalue weighted by molar-refractivity contribution is 0.211. The summed E-state index contributed by atoms with van der Waals surface area (Å²) in [5.74, 6) is 0. The van der Waals surface area contributed by atoms with Gasteiger partial charge in [-0.3, -0.25) is 4.90 Å². The summed E-state index contributed by atoms with van der Waals surface area (Å²) in [7, 11) is 0. The molecule has 0 amide bonds. The molecular weight excluding hydrogens is 305 g/mol. The van der Waals surface area contributed by atoms with E-state index < -0.39 is 0 Å². The largest absolute Gasteiger partial charge is 0.313 e.